The Morgan fingerprint density at radius 3 is 2.58 bits per heavy atom. The summed E-state index contributed by atoms with van der Waals surface area (Å²) in [4.78, 5) is 2.49. The molecule has 1 aliphatic heterocycles. The van der Waals surface area contributed by atoms with Gasteiger partial charge in [-0.15, -0.1) is 0 Å². The molecule has 0 spiro atoms. The summed E-state index contributed by atoms with van der Waals surface area (Å²) in [5, 5.41) is 2.67. The zero-order valence-corrected chi connectivity index (χ0v) is 15.5. The smallest absolute Gasteiger partial charge is 0.118 e. The van der Waals surface area contributed by atoms with Gasteiger partial charge in [0.15, 0.2) is 0 Å². The topological polar surface area (TPSA) is 12.5 Å². The zero-order chi connectivity index (χ0) is 16.7. The summed E-state index contributed by atoms with van der Waals surface area (Å²) in [6.45, 7) is 4.32. The molecule has 24 heavy (non-hydrogen) atoms. The zero-order valence-electron chi connectivity index (χ0n) is 13.9. The van der Waals surface area contributed by atoms with Crippen molar-refractivity contribution >= 4 is 32.4 Å². The van der Waals surface area contributed by atoms with Crippen molar-refractivity contribution in [3.8, 4) is 5.75 Å². The molecule has 3 aromatic rings. The predicted octanol–water partition coefficient (Wildman–Crippen LogP) is 5.73. The Balaban J connectivity index is 1.72. The number of hydrogen-bond acceptors (Lipinski definition) is 2. The van der Waals surface area contributed by atoms with Crippen molar-refractivity contribution in [1.29, 1.82) is 0 Å². The minimum Gasteiger partial charge on any atom is -0.497 e. The van der Waals surface area contributed by atoms with Gasteiger partial charge in [-0.25, -0.2) is 0 Å². The quantitative estimate of drug-likeness (QED) is 0.573. The molecule has 0 N–H and O–H groups in total. The third kappa shape index (κ3) is 2.57. The first-order chi connectivity index (χ1) is 11.7. The Morgan fingerprint density at radius 1 is 1.04 bits per heavy atom. The van der Waals surface area contributed by atoms with Crippen LogP contribution in [-0.2, 0) is 6.54 Å². The van der Waals surface area contributed by atoms with Gasteiger partial charge in [-0.1, -0.05) is 53.2 Å². The normalized spacial score (nSPS) is 16.5. The van der Waals surface area contributed by atoms with E-state index in [2.05, 4.69) is 70.2 Å². The standard InChI is InChI=1S/C21H20BrNO/c1-14-12-23(13-15-6-8-16(24-2)9-7-15)20-11-10-17-18(21(14)20)4-3-5-19(17)22/h3-11,14H,12-13H2,1-2H3. The molecule has 1 aliphatic rings. The molecule has 1 atom stereocenters. The van der Waals surface area contributed by atoms with Crippen LogP contribution in [0.25, 0.3) is 10.8 Å². The van der Waals surface area contributed by atoms with E-state index in [9.17, 15) is 0 Å². The lowest BCUT2D eigenvalue weighted by atomic mass is 9.96. The Bertz CT molecular complexity index is 888. The van der Waals surface area contributed by atoms with Crippen molar-refractivity contribution < 1.29 is 4.74 Å². The van der Waals surface area contributed by atoms with E-state index in [0.717, 1.165) is 18.8 Å². The number of anilines is 1. The molecular weight excluding hydrogens is 362 g/mol. The molecular formula is C21H20BrNO. The van der Waals surface area contributed by atoms with Crippen molar-refractivity contribution in [2.45, 2.75) is 19.4 Å². The van der Waals surface area contributed by atoms with Gasteiger partial charge >= 0.3 is 0 Å². The molecule has 0 saturated carbocycles. The largest absolute Gasteiger partial charge is 0.497 e. The van der Waals surface area contributed by atoms with Gasteiger partial charge in [0.2, 0.25) is 0 Å². The van der Waals surface area contributed by atoms with E-state index in [4.69, 9.17) is 4.74 Å². The van der Waals surface area contributed by atoms with Gasteiger partial charge in [0.1, 0.15) is 5.75 Å². The van der Waals surface area contributed by atoms with Gasteiger partial charge in [-0.3, -0.25) is 0 Å². The lowest BCUT2D eigenvalue weighted by Gasteiger charge is -2.20. The van der Waals surface area contributed by atoms with Crippen molar-refractivity contribution in [3.05, 3.63) is 70.2 Å². The number of halogens is 1. The summed E-state index contributed by atoms with van der Waals surface area (Å²) in [7, 11) is 1.71. The minimum absolute atomic E-state index is 0.538. The molecule has 0 aromatic heterocycles. The molecule has 3 aromatic carbocycles. The van der Waals surface area contributed by atoms with Crippen LogP contribution in [0.15, 0.2) is 59.1 Å². The SMILES string of the molecule is COc1ccc(CN2CC(C)c3c2ccc2c(Br)cccc32)cc1. The molecule has 0 radical (unpaired) electrons. The van der Waals surface area contributed by atoms with Crippen molar-refractivity contribution in [3.63, 3.8) is 0 Å². The van der Waals surface area contributed by atoms with E-state index in [1.807, 2.05) is 12.1 Å². The van der Waals surface area contributed by atoms with Gasteiger partial charge in [0.25, 0.3) is 0 Å². The maximum atomic E-state index is 5.25. The fourth-order valence-electron chi connectivity index (χ4n) is 3.75. The van der Waals surface area contributed by atoms with Gasteiger partial charge in [-0.2, -0.15) is 0 Å². The van der Waals surface area contributed by atoms with Crippen molar-refractivity contribution in [1.82, 2.24) is 0 Å². The Hall–Kier alpha value is -2.00. The highest BCUT2D eigenvalue weighted by molar-refractivity contribution is 9.10. The van der Waals surface area contributed by atoms with Crippen molar-refractivity contribution in [2.24, 2.45) is 0 Å². The van der Waals surface area contributed by atoms with Crippen LogP contribution in [0.4, 0.5) is 5.69 Å². The number of nitrogens with zero attached hydrogens (tertiary/aromatic N) is 1. The monoisotopic (exact) mass is 381 g/mol. The highest BCUT2D eigenvalue weighted by atomic mass is 79.9. The van der Waals surface area contributed by atoms with Gasteiger partial charge < -0.3 is 9.64 Å². The third-order valence-electron chi connectivity index (χ3n) is 4.89. The van der Waals surface area contributed by atoms with E-state index in [-0.39, 0.29) is 0 Å². The second-order valence-corrected chi connectivity index (χ2v) is 7.32. The van der Waals surface area contributed by atoms with Crippen LogP contribution in [0.5, 0.6) is 5.75 Å². The van der Waals surface area contributed by atoms with E-state index < -0.39 is 0 Å². The van der Waals surface area contributed by atoms with Crippen molar-refractivity contribution in [2.75, 3.05) is 18.6 Å². The third-order valence-corrected chi connectivity index (χ3v) is 5.58. The fourth-order valence-corrected chi connectivity index (χ4v) is 4.24. The van der Waals surface area contributed by atoms with Gasteiger partial charge in [0, 0.05) is 29.2 Å². The number of ether oxygens (including phenoxy) is 1. The summed E-state index contributed by atoms with van der Waals surface area (Å²) in [5.41, 5.74) is 4.15. The predicted molar refractivity (Wildman–Crippen MR) is 104 cm³/mol. The second kappa shape index (κ2) is 6.14. The minimum atomic E-state index is 0.538. The number of benzene rings is 3. The van der Waals surface area contributed by atoms with Crippen LogP contribution in [-0.4, -0.2) is 13.7 Å². The van der Waals surface area contributed by atoms with E-state index >= 15 is 0 Å². The van der Waals surface area contributed by atoms with Crippen LogP contribution in [0, 0.1) is 0 Å². The Morgan fingerprint density at radius 2 is 1.83 bits per heavy atom. The van der Waals surface area contributed by atoms with Crippen LogP contribution in [0.1, 0.15) is 24.0 Å². The van der Waals surface area contributed by atoms with E-state index in [1.54, 1.807) is 7.11 Å². The molecule has 1 heterocycles. The van der Waals surface area contributed by atoms with Crippen LogP contribution < -0.4 is 9.64 Å². The van der Waals surface area contributed by atoms with Crippen LogP contribution in [0.3, 0.4) is 0 Å². The van der Waals surface area contributed by atoms with E-state index in [0.29, 0.717) is 5.92 Å². The van der Waals surface area contributed by atoms with Crippen LogP contribution in [0.2, 0.25) is 0 Å². The first-order valence-electron chi connectivity index (χ1n) is 8.26. The summed E-state index contributed by atoms with van der Waals surface area (Å²) in [5.74, 6) is 1.45. The first-order valence-corrected chi connectivity index (χ1v) is 9.05. The van der Waals surface area contributed by atoms with Gasteiger partial charge in [-0.05, 0) is 46.2 Å². The van der Waals surface area contributed by atoms with E-state index in [1.165, 1.54) is 32.1 Å². The lowest BCUT2D eigenvalue weighted by molar-refractivity contribution is 0.414. The maximum absolute atomic E-state index is 5.25. The highest BCUT2D eigenvalue weighted by Crippen LogP contribution is 2.42. The molecule has 3 heteroatoms. The molecule has 2 nitrogen and oxygen atoms in total. The number of hydrogen-bond donors (Lipinski definition) is 0. The average Bonchev–Trinajstić information content (AvgIpc) is 2.92. The average molecular weight is 382 g/mol. The summed E-state index contributed by atoms with van der Waals surface area (Å²) in [6, 6.07) is 19.4. The Labute approximate surface area is 151 Å². The fraction of sp³-hybridized carbons (Fsp3) is 0.238. The molecule has 4 rings (SSSR count). The molecule has 0 fully saturated rings. The molecule has 0 aliphatic carbocycles. The summed E-state index contributed by atoms with van der Waals surface area (Å²) in [6.07, 6.45) is 0. The second-order valence-electron chi connectivity index (χ2n) is 6.46. The Kier molecular flexibility index (Phi) is 3.97. The van der Waals surface area contributed by atoms with Gasteiger partial charge in [0.05, 0.1) is 7.11 Å². The molecule has 0 saturated heterocycles. The molecule has 0 amide bonds. The molecule has 122 valence electrons. The molecule has 1 unspecified atom stereocenters. The maximum Gasteiger partial charge on any atom is 0.118 e. The number of fused-ring (bicyclic) bond motifs is 3. The molecule has 0 bridgehead atoms. The number of rotatable bonds is 3. The first kappa shape index (κ1) is 15.5. The highest BCUT2D eigenvalue weighted by Gasteiger charge is 2.27. The lowest BCUT2D eigenvalue weighted by Crippen LogP contribution is -2.20. The summed E-state index contributed by atoms with van der Waals surface area (Å²) < 4.78 is 6.42. The van der Waals surface area contributed by atoms with Crippen LogP contribution >= 0.6 is 15.9 Å². The number of methoxy groups -OCH3 is 1. The summed E-state index contributed by atoms with van der Waals surface area (Å²) >= 11 is 3.68.